The zero-order valence-electron chi connectivity index (χ0n) is 4.80. The second-order valence-corrected chi connectivity index (χ2v) is 3.50. The molecule has 0 spiro atoms. The van der Waals surface area contributed by atoms with Crippen LogP contribution in [0.25, 0.3) is 0 Å². The Morgan fingerprint density at radius 1 is 1.67 bits per heavy atom. The number of rotatable bonds is 1. The Hall–Kier alpha value is -0.240. The predicted octanol–water partition coefficient (Wildman–Crippen LogP) is 1.09. The molecular formula is C6H7ClO2. The summed E-state index contributed by atoms with van der Waals surface area (Å²) in [6.07, 6.45) is 1.63. The maximum absolute atomic E-state index is 10.5. The van der Waals surface area contributed by atoms with Gasteiger partial charge >= 0.3 is 5.97 Å². The Bertz CT molecular complexity index is 172. The van der Waals surface area contributed by atoms with E-state index in [1.165, 1.54) is 0 Å². The number of carbonyl (C=O) groups is 1. The molecule has 0 heterocycles. The predicted molar refractivity (Wildman–Crippen MR) is 32.4 cm³/mol. The van der Waals surface area contributed by atoms with Crippen LogP contribution in [-0.4, -0.2) is 16.5 Å². The van der Waals surface area contributed by atoms with Crippen molar-refractivity contribution in [3.05, 3.63) is 0 Å². The van der Waals surface area contributed by atoms with E-state index < -0.39 is 11.4 Å². The van der Waals surface area contributed by atoms with Gasteiger partial charge in [-0.3, -0.25) is 4.79 Å². The summed E-state index contributed by atoms with van der Waals surface area (Å²) < 4.78 is 0. The van der Waals surface area contributed by atoms with Gasteiger partial charge in [0, 0.05) is 0 Å². The standard InChI is InChI=1S/C6H7ClO2/c7-4-3-1-6(4,2-3)5(8)9/h3-4H,1-2H2,(H,8,9). The second kappa shape index (κ2) is 1.26. The lowest BCUT2D eigenvalue weighted by atomic mass is 9.44. The minimum Gasteiger partial charge on any atom is -0.481 e. The monoisotopic (exact) mass is 146 g/mol. The van der Waals surface area contributed by atoms with E-state index in [4.69, 9.17) is 16.7 Å². The molecule has 0 amide bonds. The molecule has 2 nitrogen and oxygen atoms in total. The Balaban J connectivity index is 2.19. The lowest BCUT2D eigenvalue weighted by Crippen LogP contribution is -2.66. The zero-order chi connectivity index (χ0) is 6.65. The van der Waals surface area contributed by atoms with Gasteiger partial charge in [0.2, 0.25) is 0 Å². The highest BCUT2D eigenvalue weighted by Crippen LogP contribution is 2.66. The van der Waals surface area contributed by atoms with Crippen molar-refractivity contribution in [3.63, 3.8) is 0 Å². The molecular weight excluding hydrogens is 140 g/mol. The highest BCUT2D eigenvalue weighted by Gasteiger charge is 2.69. The Kier molecular flexibility index (Phi) is 0.777. The van der Waals surface area contributed by atoms with Gasteiger partial charge in [0.25, 0.3) is 0 Å². The van der Waals surface area contributed by atoms with Crippen LogP contribution < -0.4 is 0 Å². The van der Waals surface area contributed by atoms with Crippen LogP contribution in [0.1, 0.15) is 12.8 Å². The van der Waals surface area contributed by atoms with E-state index in [0.717, 1.165) is 12.8 Å². The zero-order valence-corrected chi connectivity index (χ0v) is 5.56. The van der Waals surface area contributed by atoms with Crippen LogP contribution in [0.2, 0.25) is 0 Å². The van der Waals surface area contributed by atoms with Crippen LogP contribution in [0.15, 0.2) is 0 Å². The third-order valence-electron chi connectivity index (χ3n) is 2.62. The first-order valence-electron chi connectivity index (χ1n) is 3.04. The Labute approximate surface area is 57.8 Å². The van der Waals surface area contributed by atoms with Crippen LogP contribution in [0.3, 0.4) is 0 Å². The number of hydrogen-bond donors (Lipinski definition) is 1. The molecule has 1 unspecified atom stereocenters. The van der Waals surface area contributed by atoms with Gasteiger partial charge in [-0.05, 0) is 18.8 Å². The molecule has 9 heavy (non-hydrogen) atoms. The van der Waals surface area contributed by atoms with E-state index in [1.54, 1.807) is 0 Å². The average Bonchev–Trinajstić information content (AvgIpc) is 1.60. The third kappa shape index (κ3) is 0.388. The van der Waals surface area contributed by atoms with Crippen LogP contribution in [-0.2, 0) is 4.79 Å². The minimum atomic E-state index is -0.704. The normalized spacial score (nSPS) is 53.4. The largest absolute Gasteiger partial charge is 0.481 e. The molecule has 1 N–H and O–H groups in total. The van der Waals surface area contributed by atoms with E-state index >= 15 is 0 Å². The Morgan fingerprint density at radius 3 is 2.22 bits per heavy atom. The van der Waals surface area contributed by atoms with Gasteiger partial charge in [0.1, 0.15) is 0 Å². The molecule has 0 aromatic rings. The molecule has 0 saturated heterocycles. The first kappa shape index (κ1) is 5.54. The molecule has 3 aliphatic rings. The summed E-state index contributed by atoms with van der Waals surface area (Å²) in [6.45, 7) is 0. The SMILES string of the molecule is O=C(O)C12CC(C1)C2Cl. The highest BCUT2D eigenvalue weighted by atomic mass is 35.5. The first-order chi connectivity index (χ1) is 4.17. The second-order valence-electron chi connectivity index (χ2n) is 3.03. The molecule has 0 radical (unpaired) electrons. The third-order valence-corrected chi connectivity index (χ3v) is 3.39. The first-order valence-corrected chi connectivity index (χ1v) is 3.48. The lowest BCUT2D eigenvalue weighted by molar-refractivity contribution is -0.181. The fraction of sp³-hybridized carbons (Fsp3) is 0.833. The number of carboxylic acids is 1. The lowest BCUT2D eigenvalue weighted by Gasteiger charge is -2.62. The van der Waals surface area contributed by atoms with Gasteiger partial charge < -0.3 is 5.11 Å². The van der Waals surface area contributed by atoms with Crippen LogP contribution in [0.5, 0.6) is 0 Å². The van der Waals surface area contributed by atoms with Gasteiger partial charge in [0.15, 0.2) is 0 Å². The van der Waals surface area contributed by atoms with Crippen molar-refractivity contribution in [2.45, 2.75) is 18.2 Å². The number of carboxylic acid groups (broad SMARTS) is 1. The molecule has 0 aliphatic heterocycles. The minimum absolute atomic E-state index is 0.0602. The summed E-state index contributed by atoms with van der Waals surface area (Å²) in [7, 11) is 0. The smallest absolute Gasteiger partial charge is 0.311 e. The molecule has 3 fully saturated rings. The summed E-state index contributed by atoms with van der Waals surface area (Å²) in [5.74, 6) is -0.187. The fourth-order valence-corrected chi connectivity index (χ4v) is 2.18. The summed E-state index contributed by atoms with van der Waals surface area (Å²) in [5.41, 5.74) is -0.494. The number of hydrogen-bond acceptors (Lipinski definition) is 1. The highest BCUT2D eigenvalue weighted by molar-refractivity contribution is 6.24. The molecule has 3 heteroatoms. The van der Waals surface area contributed by atoms with E-state index in [2.05, 4.69) is 0 Å². The van der Waals surface area contributed by atoms with Gasteiger partial charge in [-0.15, -0.1) is 11.6 Å². The van der Waals surface area contributed by atoms with Gasteiger partial charge in [-0.1, -0.05) is 0 Å². The maximum Gasteiger partial charge on any atom is 0.311 e. The number of halogens is 1. The fourth-order valence-electron chi connectivity index (χ4n) is 1.73. The summed E-state index contributed by atoms with van der Waals surface area (Å²) in [5, 5.41) is 8.56. The molecule has 0 aromatic carbocycles. The van der Waals surface area contributed by atoms with Crippen molar-refractivity contribution in [2.75, 3.05) is 0 Å². The summed E-state index contributed by atoms with van der Waals surface area (Å²) in [6, 6.07) is 0. The molecule has 1 atom stereocenters. The van der Waals surface area contributed by atoms with Crippen LogP contribution in [0.4, 0.5) is 0 Å². The molecule has 3 saturated carbocycles. The van der Waals surface area contributed by atoms with Crippen molar-refractivity contribution >= 4 is 17.6 Å². The quantitative estimate of drug-likeness (QED) is 0.563. The van der Waals surface area contributed by atoms with Gasteiger partial charge in [-0.2, -0.15) is 0 Å². The molecule has 2 bridgehead atoms. The van der Waals surface area contributed by atoms with E-state index in [1.807, 2.05) is 0 Å². The summed E-state index contributed by atoms with van der Waals surface area (Å²) in [4.78, 5) is 10.5. The molecule has 50 valence electrons. The van der Waals surface area contributed by atoms with E-state index in [0.29, 0.717) is 5.92 Å². The topological polar surface area (TPSA) is 37.3 Å². The van der Waals surface area contributed by atoms with Crippen molar-refractivity contribution in [3.8, 4) is 0 Å². The van der Waals surface area contributed by atoms with Crippen LogP contribution >= 0.6 is 11.6 Å². The van der Waals surface area contributed by atoms with Gasteiger partial charge in [0.05, 0.1) is 10.8 Å². The molecule has 3 aliphatic carbocycles. The van der Waals surface area contributed by atoms with Crippen LogP contribution in [0, 0.1) is 11.3 Å². The average molecular weight is 147 g/mol. The summed E-state index contributed by atoms with van der Waals surface area (Å²) >= 11 is 5.72. The maximum atomic E-state index is 10.5. The van der Waals surface area contributed by atoms with Crippen molar-refractivity contribution < 1.29 is 9.90 Å². The molecule has 0 aromatic heterocycles. The van der Waals surface area contributed by atoms with Crippen molar-refractivity contribution in [2.24, 2.45) is 11.3 Å². The van der Waals surface area contributed by atoms with E-state index in [-0.39, 0.29) is 5.38 Å². The Morgan fingerprint density at radius 2 is 2.22 bits per heavy atom. The van der Waals surface area contributed by atoms with Gasteiger partial charge in [-0.25, -0.2) is 0 Å². The van der Waals surface area contributed by atoms with Crippen molar-refractivity contribution in [1.82, 2.24) is 0 Å². The number of aliphatic carboxylic acids is 1. The molecule has 3 rings (SSSR count). The number of alkyl halides is 1. The van der Waals surface area contributed by atoms with E-state index in [9.17, 15) is 4.79 Å². The van der Waals surface area contributed by atoms with Crippen molar-refractivity contribution in [1.29, 1.82) is 0 Å².